The van der Waals surface area contributed by atoms with Crippen molar-refractivity contribution in [1.29, 1.82) is 0 Å². The van der Waals surface area contributed by atoms with Gasteiger partial charge in [0.15, 0.2) is 5.78 Å². The minimum absolute atomic E-state index is 0.141. The Balaban J connectivity index is 2.01. The Morgan fingerprint density at radius 2 is 1.60 bits per heavy atom. The van der Waals surface area contributed by atoms with Crippen molar-refractivity contribution in [2.45, 2.75) is 6.92 Å². The lowest BCUT2D eigenvalue weighted by Gasteiger charge is -2.18. The van der Waals surface area contributed by atoms with Crippen molar-refractivity contribution in [3.8, 4) is 0 Å². The molecule has 0 saturated heterocycles. The maximum atomic E-state index is 12.8. The van der Waals surface area contributed by atoms with Crippen LogP contribution in [0.5, 0.6) is 0 Å². The van der Waals surface area contributed by atoms with Crippen LogP contribution >= 0.6 is 0 Å². The van der Waals surface area contributed by atoms with Gasteiger partial charge in [0.05, 0.1) is 12.3 Å². The maximum absolute atomic E-state index is 12.8. The molecule has 0 aliphatic carbocycles. The fourth-order valence-corrected chi connectivity index (χ4v) is 2.74. The molecule has 1 aliphatic heterocycles. The van der Waals surface area contributed by atoms with Crippen molar-refractivity contribution in [3.63, 3.8) is 0 Å². The van der Waals surface area contributed by atoms with E-state index in [0.717, 1.165) is 4.90 Å². The zero-order valence-corrected chi connectivity index (χ0v) is 13.7. The van der Waals surface area contributed by atoms with E-state index in [-0.39, 0.29) is 12.4 Å². The quantitative estimate of drug-likeness (QED) is 0.633. The zero-order chi connectivity index (χ0) is 17.8. The van der Waals surface area contributed by atoms with E-state index in [1.807, 2.05) is 6.07 Å². The maximum Gasteiger partial charge on any atom is 0.421 e. The number of hydrogen-bond acceptors (Lipinski definition) is 4. The Morgan fingerprint density at radius 1 is 1.00 bits per heavy atom. The summed E-state index contributed by atoms with van der Waals surface area (Å²) in [4.78, 5) is 38.7. The van der Waals surface area contributed by atoms with Crippen LogP contribution in [0.15, 0.2) is 66.7 Å². The number of carbonyl (C=O) groups is 3. The number of hydrogen-bond donors (Lipinski definition) is 0. The molecule has 0 radical (unpaired) electrons. The minimum Gasteiger partial charge on any atom is -0.449 e. The summed E-state index contributed by atoms with van der Waals surface area (Å²) in [7, 11) is 0. The minimum atomic E-state index is -1.04. The monoisotopic (exact) mass is 335 g/mol. The van der Waals surface area contributed by atoms with E-state index in [0.29, 0.717) is 16.8 Å². The van der Waals surface area contributed by atoms with E-state index in [1.165, 1.54) is 6.08 Å². The van der Waals surface area contributed by atoms with E-state index in [1.54, 1.807) is 61.5 Å². The average Bonchev–Trinajstić information content (AvgIpc) is 3.00. The molecule has 2 amide bonds. The summed E-state index contributed by atoms with van der Waals surface area (Å²) in [5, 5.41) is 0. The van der Waals surface area contributed by atoms with Gasteiger partial charge in [0.1, 0.15) is 5.92 Å². The predicted molar refractivity (Wildman–Crippen MR) is 92.5 cm³/mol. The SMILES string of the molecule is CCOC(=O)N1C(=O)C(C(=O)c2ccccc2)C=C1c1ccccc1. The lowest BCUT2D eigenvalue weighted by molar-refractivity contribution is -0.126. The molecule has 5 heteroatoms. The molecule has 0 bridgehead atoms. The Bertz CT molecular complexity index is 827. The summed E-state index contributed by atoms with van der Waals surface area (Å²) >= 11 is 0. The van der Waals surface area contributed by atoms with E-state index in [9.17, 15) is 14.4 Å². The van der Waals surface area contributed by atoms with Gasteiger partial charge in [-0.2, -0.15) is 0 Å². The van der Waals surface area contributed by atoms with Gasteiger partial charge in [-0.25, -0.2) is 9.69 Å². The third kappa shape index (κ3) is 3.21. The molecular formula is C20H17NO4. The second-order valence-corrected chi connectivity index (χ2v) is 5.50. The Morgan fingerprint density at radius 3 is 2.20 bits per heavy atom. The lowest BCUT2D eigenvalue weighted by atomic mass is 9.97. The largest absolute Gasteiger partial charge is 0.449 e. The van der Waals surface area contributed by atoms with Crippen LogP contribution in [-0.2, 0) is 9.53 Å². The van der Waals surface area contributed by atoms with Crippen LogP contribution in [-0.4, -0.2) is 29.3 Å². The molecule has 126 valence electrons. The summed E-state index contributed by atoms with van der Waals surface area (Å²) < 4.78 is 5.00. The molecule has 0 fully saturated rings. The number of benzene rings is 2. The van der Waals surface area contributed by atoms with Gasteiger partial charge >= 0.3 is 6.09 Å². The third-order valence-corrected chi connectivity index (χ3v) is 3.91. The topological polar surface area (TPSA) is 63.7 Å². The smallest absolute Gasteiger partial charge is 0.421 e. The third-order valence-electron chi connectivity index (χ3n) is 3.91. The van der Waals surface area contributed by atoms with Gasteiger partial charge in [-0.15, -0.1) is 0 Å². The van der Waals surface area contributed by atoms with E-state index in [4.69, 9.17) is 4.74 Å². The first-order valence-corrected chi connectivity index (χ1v) is 8.00. The van der Waals surface area contributed by atoms with Crippen LogP contribution in [0, 0.1) is 5.92 Å². The summed E-state index contributed by atoms with van der Waals surface area (Å²) in [5.41, 5.74) is 1.47. The number of carbonyl (C=O) groups excluding carboxylic acids is 3. The van der Waals surface area contributed by atoms with Gasteiger partial charge in [-0.05, 0) is 18.6 Å². The Hall–Kier alpha value is -3.21. The average molecular weight is 335 g/mol. The van der Waals surface area contributed by atoms with Crippen molar-refractivity contribution in [2.75, 3.05) is 6.61 Å². The van der Waals surface area contributed by atoms with Crippen molar-refractivity contribution in [1.82, 2.24) is 4.90 Å². The molecule has 1 aliphatic rings. The Kier molecular flexibility index (Phi) is 4.75. The van der Waals surface area contributed by atoms with Crippen LogP contribution in [0.2, 0.25) is 0 Å². The molecule has 5 nitrogen and oxygen atoms in total. The second kappa shape index (κ2) is 7.13. The van der Waals surface area contributed by atoms with Crippen LogP contribution in [0.3, 0.4) is 0 Å². The lowest BCUT2D eigenvalue weighted by Crippen LogP contribution is -2.36. The standard InChI is InChI=1S/C20H17NO4/c1-2-25-20(24)21-17(14-9-5-3-6-10-14)13-16(19(21)23)18(22)15-11-7-4-8-12-15/h3-13,16H,2H2,1H3. The van der Waals surface area contributed by atoms with Gasteiger partial charge in [-0.3, -0.25) is 9.59 Å². The highest BCUT2D eigenvalue weighted by molar-refractivity contribution is 6.20. The first-order chi connectivity index (χ1) is 12.1. The van der Waals surface area contributed by atoms with E-state index >= 15 is 0 Å². The summed E-state index contributed by atoms with van der Waals surface area (Å²) in [6.07, 6.45) is 0.759. The molecule has 0 spiro atoms. The molecule has 0 N–H and O–H groups in total. The van der Waals surface area contributed by atoms with Gasteiger partial charge < -0.3 is 4.74 Å². The molecule has 0 aromatic heterocycles. The van der Waals surface area contributed by atoms with Gasteiger partial charge in [-0.1, -0.05) is 60.7 Å². The molecule has 2 aromatic carbocycles. The van der Waals surface area contributed by atoms with Crippen molar-refractivity contribution in [2.24, 2.45) is 5.92 Å². The van der Waals surface area contributed by atoms with Gasteiger partial charge in [0, 0.05) is 5.56 Å². The molecule has 0 saturated carbocycles. The number of nitrogens with zero attached hydrogens (tertiary/aromatic N) is 1. The zero-order valence-electron chi connectivity index (χ0n) is 13.7. The number of imide groups is 1. The molecule has 2 aromatic rings. The van der Waals surface area contributed by atoms with E-state index in [2.05, 4.69) is 0 Å². The predicted octanol–water partition coefficient (Wildman–Crippen LogP) is 3.53. The highest BCUT2D eigenvalue weighted by Crippen LogP contribution is 2.32. The number of ketones is 1. The number of rotatable bonds is 4. The van der Waals surface area contributed by atoms with Gasteiger partial charge in [0.25, 0.3) is 5.91 Å². The normalized spacial score (nSPS) is 16.5. The Labute approximate surface area is 145 Å². The fraction of sp³-hybridized carbons (Fsp3) is 0.150. The number of ether oxygens (including phenoxy) is 1. The summed E-state index contributed by atoms with van der Waals surface area (Å²) in [5.74, 6) is -1.97. The first-order valence-electron chi connectivity index (χ1n) is 8.00. The summed E-state index contributed by atoms with van der Waals surface area (Å²) in [6.45, 7) is 1.80. The molecule has 1 heterocycles. The van der Waals surface area contributed by atoms with Crippen molar-refractivity contribution >= 4 is 23.5 Å². The van der Waals surface area contributed by atoms with Crippen molar-refractivity contribution < 1.29 is 19.1 Å². The van der Waals surface area contributed by atoms with Crippen molar-refractivity contribution in [3.05, 3.63) is 77.9 Å². The van der Waals surface area contributed by atoms with Crippen LogP contribution in [0.25, 0.3) is 5.70 Å². The van der Waals surface area contributed by atoms with Gasteiger partial charge in [0.2, 0.25) is 0 Å². The highest BCUT2D eigenvalue weighted by atomic mass is 16.6. The molecule has 25 heavy (non-hydrogen) atoms. The summed E-state index contributed by atoms with van der Waals surface area (Å²) in [6, 6.07) is 17.6. The second-order valence-electron chi connectivity index (χ2n) is 5.50. The van der Waals surface area contributed by atoms with Crippen LogP contribution < -0.4 is 0 Å². The molecule has 1 unspecified atom stereocenters. The highest BCUT2D eigenvalue weighted by Gasteiger charge is 2.42. The number of amides is 2. The van der Waals surface area contributed by atoms with Crippen LogP contribution in [0.1, 0.15) is 22.8 Å². The molecule has 1 atom stereocenters. The fourth-order valence-electron chi connectivity index (χ4n) is 2.74. The molecule has 3 rings (SSSR count). The number of Topliss-reactive ketones (excluding diaryl/α,β-unsaturated/α-hetero) is 1. The van der Waals surface area contributed by atoms with Crippen LogP contribution in [0.4, 0.5) is 4.79 Å². The molecular weight excluding hydrogens is 318 g/mol. The first kappa shape index (κ1) is 16.6. The van der Waals surface area contributed by atoms with E-state index < -0.39 is 17.9 Å².